The molecule has 4 heteroatoms. The van der Waals surface area contributed by atoms with Crippen molar-refractivity contribution in [2.75, 3.05) is 6.61 Å². The molecular formula is C24H32O4. The lowest BCUT2D eigenvalue weighted by atomic mass is 10.1. The van der Waals surface area contributed by atoms with Gasteiger partial charge in [0.15, 0.2) is 0 Å². The lowest BCUT2D eigenvalue weighted by molar-refractivity contribution is 0.0526. The number of benzene rings is 2. The van der Waals surface area contributed by atoms with E-state index in [4.69, 9.17) is 9.47 Å². The SMILES string of the molecule is CCCCCCC.CCOC(=O)c1ccc(OC(=O)c2ccc(C)cc2)cc1. The first-order valence-electron chi connectivity index (χ1n) is 10.1. The van der Waals surface area contributed by atoms with Gasteiger partial charge in [0.1, 0.15) is 5.75 Å². The zero-order valence-corrected chi connectivity index (χ0v) is 17.5. The Bertz CT molecular complexity index is 698. The molecular weight excluding hydrogens is 352 g/mol. The van der Waals surface area contributed by atoms with Crippen molar-refractivity contribution in [3.05, 3.63) is 65.2 Å². The van der Waals surface area contributed by atoms with Gasteiger partial charge in [-0.3, -0.25) is 0 Å². The third-order valence-electron chi connectivity index (χ3n) is 4.07. The van der Waals surface area contributed by atoms with Crippen LogP contribution in [0.2, 0.25) is 0 Å². The van der Waals surface area contributed by atoms with Gasteiger partial charge >= 0.3 is 11.9 Å². The maximum absolute atomic E-state index is 11.9. The number of aryl methyl sites for hydroxylation is 1. The smallest absolute Gasteiger partial charge is 0.343 e. The topological polar surface area (TPSA) is 52.6 Å². The van der Waals surface area contributed by atoms with E-state index >= 15 is 0 Å². The van der Waals surface area contributed by atoms with E-state index in [2.05, 4.69) is 13.8 Å². The zero-order chi connectivity index (χ0) is 20.8. The van der Waals surface area contributed by atoms with Crippen molar-refractivity contribution in [1.29, 1.82) is 0 Å². The average Bonchev–Trinajstić information content (AvgIpc) is 2.70. The first kappa shape index (κ1) is 23.4. The van der Waals surface area contributed by atoms with Gasteiger partial charge in [0, 0.05) is 0 Å². The van der Waals surface area contributed by atoms with Gasteiger partial charge in [0.05, 0.1) is 17.7 Å². The highest BCUT2D eigenvalue weighted by atomic mass is 16.5. The van der Waals surface area contributed by atoms with E-state index in [1.807, 2.05) is 19.1 Å². The second-order valence-electron chi connectivity index (χ2n) is 6.56. The van der Waals surface area contributed by atoms with Crippen LogP contribution < -0.4 is 4.74 Å². The van der Waals surface area contributed by atoms with E-state index in [0.29, 0.717) is 23.5 Å². The Balaban J connectivity index is 0.000000480. The minimum Gasteiger partial charge on any atom is -0.462 e. The van der Waals surface area contributed by atoms with Crippen LogP contribution in [0.1, 0.15) is 79.2 Å². The van der Waals surface area contributed by atoms with Gasteiger partial charge in [-0.1, -0.05) is 63.6 Å². The first-order chi connectivity index (χ1) is 13.5. The fraction of sp³-hybridized carbons (Fsp3) is 0.417. The molecule has 0 bridgehead atoms. The Hall–Kier alpha value is -2.62. The molecule has 0 radical (unpaired) electrons. The van der Waals surface area contributed by atoms with Gasteiger partial charge in [-0.2, -0.15) is 0 Å². The number of rotatable bonds is 8. The number of hydrogen-bond acceptors (Lipinski definition) is 4. The van der Waals surface area contributed by atoms with E-state index in [1.54, 1.807) is 43.3 Å². The van der Waals surface area contributed by atoms with Gasteiger partial charge in [0.2, 0.25) is 0 Å². The van der Waals surface area contributed by atoms with E-state index in [-0.39, 0.29) is 0 Å². The van der Waals surface area contributed by atoms with Crippen molar-refractivity contribution in [1.82, 2.24) is 0 Å². The summed E-state index contributed by atoms with van der Waals surface area (Å²) in [5, 5.41) is 0. The van der Waals surface area contributed by atoms with Crippen LogP contribution >= 0.6 is 0 Å². The van der Waals surface area contributed by atoms with Gasteiger partial charge in [-0.15, -0.1) is 0 Å². The molecule has 0 aromatic heterocycles. The third kappa shape index (κ3) is 8.85. The van der Waals surface area contributed by atoms with Crippen molar-refractivity contribution < 1.29 is 19.1 Å². The minimum absolute atomic E-state index is 0.322. The van der Waals surface area contributed by atoms with Crippen LogP contribution in [0.4, 0.5) is 0 Å². The van der Waals surface area contributed by atoms with Gasteiger partial charge < -0.3 is 9.47 Å². The molecule has 152 valence electrons. The summed E-state index contributed by atoms with van der Waals surface area (Å²) in [5.74, 6) is -0.443. The molecule has 0 aliphatic heterocycles. The maximum Gasteiger partial charge on any atom is 0.343 e. The predicted octanol–water partition coefficient (Wildman–Crippen LogP) is 6.37. The van der Waals surface area contributed by atoms with Crippen molar-refractivity contribution in [2.24, 2.45) is 0 Å². The number of esters is 2. The lowest BCUT2D eigenvalue weighted by Gasteiger charge is -2.06. The van der Waals surface area contributed by atoms with Crippen molar-refractivity contribution in [3.63, 3.8) is 0 Å². The second kappa shape index (κ2) is 13.5. The lowest BCUT2D eigenvalue weighted by Crippen LogP contribution is -2.09. The highest BCUT2D eigenvalue weighted by molar-refractivity contribution is 5.92. The molecule has 0 saturated carbocycles. The standard InChI is InChI=1S/C17H16O4.C7H16/c1-3-20-16(18)13-8-10-15(11-9-13)21-17(19)14-6-4-12(2)5-7-14;1-3-5-7-6-4-2/h4-11H,3H2,1-2H3;3-7H2,1-2H3. The minimum atomic E-state index is -0.432. The Morgan fingerprint density at radius 1 is 0.714 bits per heavy atom. The van der Waals surface area contributed by atoms with Crippen molar-refractivity contribution in [3.8, 4) is 5.75 Å². The van der Waals surface area contributed by atoms with Gasteiger partial charge in [-0.25, -0.2) is 9.59 Å². The van der Waals surface area contributed by atoms with E-state index in [0.717, 1.165) is 5.56 Å². The van der Waals surface area contributed by atoms with Crippen LogP contribution in [0.15, 0.2) is 48.5 Å². The number of ether oxygens (including phenoxy) is 2. The number of carbonyl (C=O) groups is 2. The quantitative estimate of drug-likeness (QED) is 0.301. The summed E-state index contributed by atoms with van der Waals surface area (Å²) >= 11 is 0. The summed E-state index contributed by atoms with van der Waals surface area (Å²) in [6, 6.07) is 13.4. The van der Waals surface area contributed by atoms with Crippen molar-refractivity contribution in [2.45, 2.75) is 59.8 Å². The fourth-order valence-electron chi connectivity index (χ4n) is 2.41. The molecule has 0 saturated heterocycles. The molecule has 0 fully saturated rings. The van der Waals surface area contributed by atoms with Crippen LogP contribution in [0.25, 0.3) is 0 Å². The summed E-state index contributed by atoms with van der Waals surface area (Å²) in [6.07, 6.45) is 7.01. The van der Waals surface area contributed by atoms with Crippen LogP contribution in [-0.2, 0) is 4.74 Å². The summed E-state index contributed by atoms with van der Waals surface area (Å²) < 4.78 is 10.1. The Labute approximate surface area is 168 Å². The molecule has 0 heterocycles. The molecule has 2 aromatic rings. The highest BCUT2D eigenvalue weighted by Gasteiger charge is 2.10. The first-order valence-corrected chi connectivity index (χ1v) is 10.1. The molecule has 0 N–H and O–H groups in total. The van der Waals surface area contributed by atoms with E-state index in [1.165, 1.54) is 32.1 Å². The normalized spacial score (nSPS) is 9.86. The highest BCUT2D eigenvalue weighted by Crippen LogP contribution is 2.15. The van der Waals surface area contributed by atoms with E-state index in [9.17, 15) is 9.59 Å². The summed E-state index contributed by atoms with van der Waals surface area (Å²) in [4.78, 5) is 23.4. The van der Waals surface area contributed by atoms with Gasteiger partial charge in [-0.05, 0) is 50.2 Å². The average molecular weight is 385 g/mol. The summed E-state index contributed by atoms with van der Waals surface area (Å²) in [7, 11) is 0. The Kier molecular flexibility index (Phi) is 11.3. The fourth-order valence-corrected chi connectivity index (χ4v) is 2.41. The molecule has 0 aliphatic carbocycles. The molecule has 0 atom stereocenters. The summed E-state index contributed by atoms with van der Waals surface area (Å²) in [6.45, 7) is 8.51. The van der Waals surface area contributed by atoms with Crippen LogP contribution in [-0.4, -0.2) is 18.5 Å². The molecule has 2 rings (SSSR count). The largest absolute Gasteiger partial charge is 0.462 e. The second-order valence-corrected chi connectivity index (χ2v) is 6.56. The van der Waals surface area contributed by atoms with Crippen LogP contribution in [0.3, 0.4) is 0 Å². The van der Waals surface area contributed by atoms with Crippen LogP contribution in [0.5, 0.6) is 5.75 Å². The maximum atomic E-state index is 11.9. The van der Waals surface area contributed by atoms with Crippen molar-refractivity contribution >= 4 is 11.9 Å². The van der Waals surface area contributed by atoms with E-state index < -0.39 is 11.9 Å². The number of hydrogen-bond donors (Lipinski definition) is 0. The monoisotopic (exact) mass is 384 g/mol. The third-order valence-corrected chi connectivity index (χ3v) is 4.07. The molecule has 28 heavy (non-hydrogen) atoms. The van der Waals surface area contributed by atoms with Crippen LogP contribution in [0, 0.1) is 6.92 Å². The molecule has 0 aliphatic rings. The number of unbranched alkanes of at least 4 members (excludes halogenated alkanes) is 4. The molecule has 0 amide bonds. The molecule has 0 spiro atoms. The zero-order valence-electron chi connectivity index (χ0n) is 17.5. The van der Waals surface area contributed by atoms with Gasteiger partial charge in [0.25, 0.3) is 0 Å². The molecule has 2 aromatic carbocycles. The Morgan fingerprint density at radius 3 is 1.71 bits per heavy atom. The molecule has 0 unspecified atom stereocenters. The predicted molar refractivity (Wildman–Crippen MR) is 113 cm³/mol. The number of carbonyl (C=O) groups excluding carboxylic acids is 2. The Morgan fingerprint density at radius 2 is 1.21 bits per heavy atom. The molecule has 4 nitrogen and oxygen atoms in total. The summed E-state index contributed by atoms with van der Waals surface area (Å²) in [5.41, 5.74) is 1.98.